The molecule has 4 aromatic rings. The predicted molar refractivity (Wildman–Crippen MR) is 130 cm³/mol. The molecule has 3 heterocycles. The molecule has 0 unspecified atom stereocenters. The first kappa shape index (κ1) is 23.0. The van der Waals surface area contributed by atoms with E-state index in [1.807, 2.05) is 37.6 Å². The molecule has 2 amide bonds. The minimum atomic E-state index is -0.640. The third-order valence-corrected chi connectivity index (χ3v) is 5.28. The van der Waals surface area contributed by atoms with Gasteiger partial charge in [-0.2, -0.15) is 0 Å². The number of fused-ring (bicyclic) bond motifs is 1. The number of hydrogen-bond donors (Lipinski definition) is 3. The number of benzene rings is 1. The van der Waals surface area contributed by atoms with E-state index in [1.54, 1.807) is 12.1 Å². The Kier molecular flexibility index (Phi) is 6.06. The number of nitrogen functional groups attached to an aromatic ring is 1. The summed E-state index contributed by atoms with van der Waals surface area (Å²) in [4.78, 5) is 20.8. The number of hydrogen-bond acceptors (Lipinski definition) is 6. The van der Waals surface area contributed by atoms with E-state index in [0.717, 1.165) is 6.42 Å². The van der Waals surface area contributed by atoms with Crippen molar-refractivity contribution in [2.45, 2.75) is 39.2 Å². The molecule has 0 aliphatic heterocycles. The zero-order chi connectivity index (χ0) is 24.5. The van der Waals surface area contributed by atoms with Crippen molar-refractivity contribution in [3.05, 3.63) is 61.0 Å². The molecule has 0 bridgehead atoms. The highest BCUT2D eigenvalue weighted by molar-refractivity contribution is 6.02. The molecule has 4 rings (SSSR count). The number of nitrogens with one attached hydrogen (secondary N) is 2. The van der Waals surface area contributed by atoms with Gasteiger partial charge in [0.25, 0.3) is 0 Å². The normalized spacial score (nSPS) is 11.5. The zero-order valence-electron chi connectivity index (χ0n) is 19.2. The highest BCUT2D eigenvalue weighted by atomic mass is 19.1. The topological polar surface area (TPSA) is 124 Å². The van der Waals surface area contributed by atoms with Gasteiger partial charge in [0.1, 0.15) is 29.4 Å². The SMILES string of the molecule is C=CCCn1cc(-c2ccc(NC(=O)Nc3cc(C(C)(C)C)on3)c(F)c2)c2c(N)ncnc21. The van der Waals surface area contributed by atoms with Crippen LogP contribution in [0.25, 0.3) is 22.2 Å². The Hall–Kier alpha value is -4.21. The average molecular weight is 464 g/mol. The van der Waals surface area contributed by atoms with Gasteiger partial charge in [-0.15, -0.1) is 6.58 Å². The zero-order valence-corrected chi connectivity index (χ0v) is 19.2. The highest BCUT2D eigenvalue weighted by Crippen LogP contribution is 2.34. The molecule has 9 nitrogen and oxygen atoms in total. The Bertz CT molecular complexity index is 1370. The smallest absolute Gasteiger partial charge is 0.325 e. The summed E-state index contributed by atoms with van der Waals surface area (Å²) in [5.74, 6) is 0.559. The van der Waals surface area contributed by atoms with Crippen molar-refractivity contribution in [1.82, 2.24) is 19.7 Å². The number of nitrogens with zero attached hydrogens (tertiary/aromatic N) is 4. The van der Waals surface area contributed by atoms with Gasteiger partial charge in [0.15, 0.2) is 5.82 Å². The fourth-order valence-electron chi connectivity index (χ4n) is 3.51. The summed E-state index contributed by atoms with van der Waals surface area (Å²) < 4.78 is 22.1. The highest BCUT2D eigenvalue weighted by Gasteiger charge is 2.21. The summed E-state index contributed by atoms with van der Waals surface area (Å²) in [5.41, 5.74) is 7.81. The largest absolute Gasteiger partial charge is 0.383 e. The molecule has 1 aromatic carbocycles. The van der Waals surface area contributed by atoms with E-state index in [9.17, 15) is 9.18 Å². The van der Waals surface area contributed by atoms with E-state index in [0.29, 0.717) is 40.3 Å². The second-order valence-corrected chi connectivity index (χ2v) is 8.87. The molecule has 176 valence electrons. The van der Waals surface area contributed by atoms with Crippen molar-refractivity contribution in [1.29, 1.82) is 0 Å². The molecule has 0 aliphatic rings. The predicted octanol–water partition coefficient (Wildman–Crippen LogP) is 5.33. The van der Waals surface area contributed by atoms with Crippen LogP contribution in [0.2, 0.25) is 0 Å². The van der Waals surface area contributed by atoms with Crippen LogP contribution in [0.15, 0.2) is 54.0 Å². The van der Waals surface area contributed by atoms with Gasteiger partial charge in [-0.1, -0.05) is 38.1 Å². The van der Waals surface area contributed by atoms with Crippen LogP contribution in [0.4, 0.5) is 26.5 Å². The van der Waals surface area contributed by atoms with Crippen LogP contribution >= 0.6 is 0 Å². The number of aromatic nitrogens is 4. The Balaban J connectivity index is 1.57. The van der Waals surface area contributed by atoms with Gasteiger partial charge in [0.05, 0.1) is 11.1 Å². The number of halogens is 1. The number of anilines is 3. The summed E-state index contributed by atoms with van der Waals surface area (Å²) >= 11 is 0. The van der Waals surface area contributed by atoms with Crippen LogP contribution in [0.5, 0.6) is 0 Å². The molecular formula is C24H26FN7O2. The summed E-state index contributed by atoms with van der Waals surface area (Å²) in [6.45, 7) is 10.3. The van der Waals surface area contributed by atoms with Gasteiger partial charge in [0, 0.05) is 29.8 Å². The van der Waals surface area contributed by atoms with Crippen LogP contribution in [-0.2, 0) is 12.0 Å². The number of rotatable bonds is 6. The molecule has 3 aromatic heterocycles. The number of allylic oxidation sites excluding steroid dienone is 1. The fourth-order valence-corrected chi connectivity index (χ4v) is 3.51. The van der Waals surface area contributed by atoms with Gasteiger partial charge < -0.3 is 20.1 Å². The Morgan fingerprint density at radius 1 is 1.26 bits per heavy atom. The molecule has 0 radical (unpaired) electrons. The first-order valence-electron chi connectivity index (χ1n) is 10.7. The maximum absolute atomic E-state index is 14.9. The number of nitrogens with two attached hydrogens (primary N) is 1. The van der Waals surface area contributed by atoms with E-state index in [2.05, 4.69) is 32.3 Å². The summed E-state index contributed by atoms with van der Waals surface area (Å²) in [6.07, 6.45) is 5.81. The molecule has 4 N–H and O–H groups in total. The first-order chi connectivity index (χ1) is 16.2. The minimum Gasteiger partial charge on any atom is -0.383 e. The lowest BCUT2D eigenvalue weighted by Gasteiger charge is -2.12. The van der Waals surface area contributed by atoms with E-state index in [-0.39, 0.29) is 16.9 Å². The van der Waals surface area contributed by atoms with E-state index in [4.69, 9.17) is 10.3 Å². The number of carbonyl (C=O) groups is 1. The number of aryl methyl sites for hydroxylation is 1. The Labute approximate surface area is 195 Å². The molecule has 0 saturated carbocycles. The fraction of sp³-hybridized carbons (Fsp3) is 0.250. The number of amides is 2. The minimum absolute atomic E-state index is 0.0143. The van der Waals surface area contributed by atoms with Crippen LogP contribution < -0.4 is 16.4 Å². The van der Waals surface area contributed by atoms with E-state index >= 15 is 0 Å². The van der Waals surface area contributed by atoms with Crippen molar-refractivity contribution >= 4 is 34.4 Å². The van der Waals surface area contributed by atoms with Crippen LogP contribution in [0.1, 0.15) is 33.0 Å². The Morgan fingerprint density at radius 2 is 2.06 bits per heavy atom. The second kappa shape index (κ2) is 8.97. The lowest BCUT2D eigenvalue weighted by Crippen LogP contribution is -2.20. The summed E-state index contributed by atoms with van der Waals surface area (Å²) in [5, 5.41) is 9.51. The molecule has 0 fully saturated rings. The second-order valence-electron chi connectivity index (χ2n) is 8.87. The molecule has 0 atom stereocenters. The molecular weight excluding hydrogens is 437 g/mol. The van der Waals surface area contributed by atoms with Crippen LogP contribution in [0.3, 0.4) is 0 Å². The van der Waals surface area contributed by atoms with Crippen LogP contribution in [-0.4, -0.2) is 25.7 Å². The lowest BCUT2D eigenvalue weighted by molar-refractivity contribution is 0.261. The van der Waals surface area contributed by atoms with Crippen molar-refractivity contribution in [3.8, 4) is 11.1 Å². The quantitative estimate of drug-likeness (QED) is 0.332. The monoisotopic (exact) mass is 463 g/mol. The van der Waals surface area contributed by atoms with Crippen molar-refractivity contribution in [3.63, 3.8) is 0 Å². The Morgan fingerprint density at radius 3 is 2.74 bits per heavy atom. The first-order valence-corrected chi connectivity index (χ1v) is 10.7. The van der Waals surface area contributed by atoms with Crippen molar-refractivity contribution < 1.29 is 13.7 Å². The summed E-state index contributed by atoms with van der Waals surface area (Å²) in [6, 6.07) is 5.52. The molecule has 0 aliphatic carbocycles. The average Bonchev–Trinajstić information content (AvgIpc) is 3.39. The maximum Gasteiger partial charge on any atom is 0.325 e. The van der Waals surface area contributed by atoms with E-state index in [1.165, 1.54) is 18.5 Å². The molecule has 34 heavy (non-hydrogen) atoms. The standard InChI is InChI=1S/C24H26FN7O2/c1-5-6-9-32-12-15(20-21(26)27-13-28-22(20)32)14-7-8-17(16(25)10-14)29-23(33)30-19-11-18(34-31-19)24(2,3)4/h5,7-8,10-13H,1,6,9H2,2-4H3,(H2,26,27,28)(H2,29,30,31,33). The molecule has 0 saturated heterocycles. The van der Waals surface area contributed by atoms with Gasteiger partial charge in [-0.25, -0.2) is 19.2 Å². The third kappa shape index (κ3) is 4.61. The van der Waals surface area contributed by atoms with Gasteiger partial charge in [-0.05, 0) is 24.1 Å². The van der Waals surface area contributed by atoms with Crippen LogP contribution in [0, 0.1) is 5.82 Å². The molecule has 0 spiro atoms. The van der Waals surface area contributed by atoms with Crippen molar-refractivity contribution in [2.75, 3.05) is 16.4 Å². The van der Waals surface area contributed by atoms with Gasteiger partial charge >= 0.3 is 6.03 Å². The third-order valence-electron chi connectivity index (χ3n) is 5.28. The molecule has 10 heteroatoms. The van der Waals surface area contributed by atoms with Gasteiger partial charge in [-0.3, -0.25) is 5.32 Å². The maximum atomic E-state index is 14.9. The number of urea groups is 1. The number of carbonyl (C=O) groups excluding carboxylic acids is 1. The van der Waals surface area contributed by atoms with Gasteiger partial charge in [0.2, 0.25) is 0 Å². The van der Waals surface area contributed by atoms with E-state index < -0.39 is 11.8 Å². The summed E-state index contributed by atoms with van der Waals surface area (Å²) in [7, 11) is 0. The lowest BCUT2D eigenvalue weighted by atomic mass is 9.93. The van der Waals surface area contributed by atoms with Crippen molar-refractivity contribution in [2.24, 2.45) is 0 Å².